The quantitative estimate of drug-likeness (QED) is 0.697. The molecule has 0 aliphatic carbocycles. The highest BCUT2D eigenvalue weighted by molar-refractivity contribution is 5.82. The van der Waals surface area contributed by atoms with Gasteiger partial charge in [-0.05, 0) is 38.5 Å². The first-order valence-electron chi connectivity index (χ1n) is 8.62. The molecule has 1 amide bonds. The van der Waals surface area contributed by atoms with Gasteiger partial charge in [-0.25, -0.2) is 8.78 Å². The van der Waals surface area contributed by atoms with E-state index in [1.54, 1.807) is 7.11 Å². The smallest absolute Gasteiger partial charge is 0.237 e. The predicted octanol–water partition coefficient (Wildman–Crippen LogP) is 1.67. The number of amides is 1. The zero-order valence-electron chi connectivity index (χ0n) is 15.0. The maximum atomic E-state index is 13.7. The first-order chi connectivity index (χ1) is 11.9. The van der Waals surface area contributed by atoms with Crippen LogP contribution in [0.1, 0.15) is 25.8 Å². The van der Waals surface area contributed by atoms with Gasteiger partial charge in [0.05, 0.1) is 12.6 Å². The van der Waals surface area contributed by atoms with Gasteiger partial charge in [0, 0.05) is 44.4 Å². The van der Waals surface area contributed by atoms with Crippen molar-refractivity contribution >= 4 is 5.91 Å². The molecule has 2 N–H and O–H groups in total. The summed E-state index contributed by atoms with van der Waals surface area (Å²) >= 11 is 0. The molecule has 1 fully saturated rings. The van der Waals surface area contributed by atoms with E-state index in [1.807, 2.05) is 13.8 Å². The van der Waals surface area contributed by atoms with Crippen LogP contribution in [0.3, 0.4) is 0 Å². The Labute approximate surface area is 147 Å². The molecule has 0 saturated carbocycles. The van der Waals surface area contributed by atoms with E-state index in [0.29, 0.717) is 31.7 Å². The number of hydrogen-bond acceptors (Lipinski definition) is 4. The molecule has 1 heterocycles. The van der Waals surface area contributed by atoms with Crippen molar-refractivity contribution in [3.63, 3.8) is 0 Å². The average molecular weight is 355 g/mol. The SMILES string of the molecule is COCCNC(=O)[C@@H]1C[C@@H](NCc2cc(F)ccc2F)CN1C(C)C. The highest BCUT2D eigenvalue weighted by Crippen LogP contribution is 2.21. The zero-order valence-corrected chi connectivity index (χ0v) is 15.0. The van der Waals surface area contributed by atoms with Crippen molar-refractivity contribution in [2.45, 2.75) is 44.9 Å². The fourth-order valence-electron chi connectivity index (χ4n) is 3.16. The summed E-state index contributed by atoms with van der Waals surface area (Å²) in [5.41, 5.74) is 0.295. The van der Waals surface area contributed by atoms with Gasteiger partial charge in [0.2, 0.25) is 5.91 Å². The molecule has 5 nitrogen and oxygen atoms in total. The number of halogens is 2. The average Bonchev–Trinajstić information content (AvgIpc) is 3.00. The van der Waals surface area contributed by atoms with E-state index in [1.165, 1.54) is 6.07 Å². The number of ether oxygens (including phenoxy) is 1. The van der Waals surface area contributed by atoms with Gasteiger partial charge in [-0.3, -0.25) is 9.69 Å². The fourth-order valence-corrected chi connectivity index (χ4v) is 3.16. The second-order valence-electron chi connectivity index (χ2n) is 6.64. The predicted molar refractivity (Wildman–Crippen MR) is 92.1 cm³/mol. The Morgan fingerprint density at radius 2 is 2.16 bits per heavy atom. The van der Waals surface area contributed by atoms with E-state index in [0.717, 1.165) is 12.1 Å². The Morgan fingerprint density at radius 3 is 2.84 bits per heavy atom. The van der Waals surface area contributed by atoms with Crippen LogP contribution in [0.2, 0.25) is 0 Å². The number of nitrogens with zero attached hydrogens (tertiary/aromatic N) is 1. The Balaban J connectivity index is 1.94. The van der Waals surface area contributed by atoms with Crippen LogP contribution < -0.4 is 10.6 Å². The lowest BCUT2D eigenvalue weighted by Gasteiger charge is -2.27. The molecule has 1 aliphatic rings. The summed E-state index contributed by atoms with van der Waals surface area (Å²) in [6, 6.07) is 3.47. The van der Waals surface area contributed by atoms with E-state index in [-0.39, 0.29) is 30.6 Å². The number of benzene rings is 1. The topological polar surface area (TPSA) is 53.6 Å². The van der Waals surface area contributed by atoms with Gasteiger partial charge in [0.15, 0.2) is 0 Å². The van der Waals surface area contributed by atoms with Crippen molar-refractivity contribution in [3.8, 4) is 0 Å². The second-order valence-corrected chi connectivity index (χ2v) is 6.64. The summed E-state index contributed by atoms with van der Waals surface area (Å²) in [5.74, 6) is -0.905. The van der Waals surface area contributed by atoms with Crippen molar-refractivity contribution in [1.29, 1.82) is 0 Å². The third-order valence-electron chi connectivity index (χ3n) is 4.50. The summed E-state index contributed by atoms with van der Waals surface area (Å²) < 4.78 is 32.0. The molecular formula is C18H27F2N3O2. The monoisotopic (exact) mass is 355 g/mol. The first kappa shape index (κ1) is 19.8. The molecule has 140 valence electrons. The summed E-state index contributed by atoms with van der Waals surface area (Å²) in [7, 11) is 1.59. The van der Waals surface area contributed by atoms with Crippen LogP contribution in [-0.4, -0.2) is 55.7 Å². The minimum atomic E-state index is -0.455. The summed E-state index contributed by atoms with van der Waals surface area (Å²) in [4.78, 5) is 14.5. The molecule has 25 heavy (non-hydrogen) atoms. The van der Waals surface area contributed by atoms with Gasteiger partial charge in [-0.1, -0.05) is 0 Å². The number of carbonyl (C=O) groups is 1. The Bertz CT molecular complexity index is 583. The van der Waals surface area contributed by atoms with Gasteiger partial charge < -0.3 is 15.4 Å². The van der Waals surface area contributed by atoms with Crippen molar-refractivity contribution in [2.24, 2.45) is 0 Å². The van der Waals surface area contributed by atoms with Crippen LogP contribution in [0.15, 0.2) is 18.2 Å². The number of methoxy groups -OCH3 is 1. The molecule has 0 bridgehead atoms. The molecule has 2 atom stereocenters. The summed E-state index contributed by atoms with van der Waals surface area (Å²) in [6.45, 7) is 5.97. The minimum absolute atomic E-state index is 0.0213. The molecule has 0 aromatic heterocycles. The summed E-state index contributed by atoms with van der Waals surface area (Å²) in [6.07, 6.45) is 0.633. The minimum Gasteiger partial charge on any atom is -0.383 e. The van der Waals surface area contributed by atoms with E-state index >= 15 is 0 Å². The zero-order chi connectivity index (χ0) is 18.4. The summed E-state index contributed by atoms with van der Waals surface area (Å²) in [5, 5.41) is 6.13. The van der Waals surface area contributed by atoms with Gasteiger partial charge in [0.25, 0.3) is 0 Å². The molecule has 0 spiro atoms. The highest BCUT2D eigenvalue weighted by Gasteiger charge is 2.37. The van der Waals surface area contributed by atoms with Gasteiger partial charge >= 0.3 is 0 Å². The fraction of sp³-hybridized carbons (Fsp3) is 0.611. The van der Waals surface area contributed by atoms with Crippen LogP contribution in [0.25, 0.3) is 0 Å². The lowest BCUT2D eigenvalue weighted by Crippen LogP contribution is -2.46. The normalized spacial score (nSPS) is 21.0. The van der Waals surface area contributed by atoms with Crippen LogP contribution in [0.5, 0.6) is 0 Å². The molecule has 0 radical (unpaired) electrons. The largest absolute Gasteiger partial charge is 0.383 e. The molecule has 1 aromatic carbocycles. The molecule has 2 rings (SSSR count). The molecule has 0 unspecified atom stereocenters. The molecule has 1 aromatic rings. The maximum absolute atomic E-state index is 13.7. The third kappa shape index (κ3) is 5.45. The van der Waals surface area contributed by atoms with Crippen molar-refractivity contribution in [2.75, 3.05) is 26.8 Å². The number of likely N-dealkylation sites (tertiary alicyclic amines) is 1. The number of hydrogen-bond donors (Lipinski definition) is 2. The van der Waals surface area contributed by atoms with Crippen LogP contribution in [-0.2, 0) is 16.1 Å². The Morgan fingerprint density at radius 1 is 1.40 bits per heavy atom. The highest BCUT2D eigenvalue weighted by atomic mass is 19.1. The first-order valence-corrected chi connectivity index (χ1v) is 8.62. The van der Waals surface area contributed by atoms with Gasteiger partial charge in [-0.15, -0.1) is 0 Å². The van der Waals surface area contributed by atoms with E-state index in [4.69, 9.17) is 4.74 Å². The van der Waals surface area contributed by atoms with Gasteiger partial charge in [0.1, 0.15) is 11.6 Å². The van der Waals surface area contributed by atoms with Crippen molar-refractivity contribution < 1.29 is 18.3 Å². The van der Waals surface area contributed by atoms with Crippen LogP contribution in [0.4, 0.5) is 8.78 Å². The second kappa shape index (κ2) is 9.22. The van der Waals surface area contributed by atoms with Crippen LogP contribution in [0, 0.1) is 11.6 Å². The standard InChI is InChI=1S/C18H27F2N3O2/c1-12(2)23-11-15(9-17(23)18(24)21-6-7-25-3)22-10-13-8-14(19)4-5-16(13)20/h4-5,8,12,15,17,22H,6-7,9-11H2,1-3H3,(H,21,24)/t15-,17+/m1/s1. The van der Waals surface area contributed by atoms with E-state index in [9.17, 15) is 13.6 Å². The Hall–Kier alpha value is -1.57. The van der Waals surface area contributed by atoms with Crippen LogP contribution >= 0.6 is 0 Å². The van der Waals surface area contributed by atoms with E-state index < -0.39 is 11.6 Å². The van der Waals surface area contributed by atoms with Crippen molar-refractivity contribution in [3.05, 3.63) is 35.4 Å². The van der Waals surface area contributed by atoms with E-state index in [2.05, 4.69) is 15.5 Å². The molecular weight excluding hydrogens is 328 g/mol. The maximum Gasteiger partial charge on any atom is 0.237 e. The van der Waals surface area contributed by atoms with Crippen molar-refractivity contribution in [1.82, 2.24) is 15.5 Å². The lowest BCUT2D eigenvalue weighted by molar-refractivity contribution is -0.126. The Kier molecular flexibility index (Phi) is 7.28. The van der Waals surface area contributed by atoms with Gasteiger partial charge in [-0.2, -0.15) is 0 Å². The molecule has 7 heteroatoms. The molecule has 1 aliphatic heterocycles. The lowest BCUT2D eigenvalue weighted by atomic mass is 10.1. The molecule has 1 saturated heterocycles. The number of rotatable bonds is 8. The number of carbonyl (C=O) groups excluding carboxylic acids is 1. The number of nitrogens with one attached hydrogen (secondary N) is 2. The third-order valence-corrected chi connectivity index (χ3v) is 4.50.